The first-order valence-electron chi connectivity index (χ1n) is 12.6. The summed E-state index contributed by atoms with van der Waals surface area (Å²) in [5, 5.41) is 2.55. The molecule has 0 aliphatic heterocycles. The summed E-state index contributed by atoms with van der Waals surface area (Å²) in [7, 11) is 0. The van der Waals surface area contributed by atoms with Crippen LogP contribution in [0.15, 0.2) is 152 Å². The summed E-state index contributed by atoms with van der Waals surface area (Å²) in [5.41, 5.74) is 8.28. The Bertz CT molecular complexity index is 1590. The van der Waals surface area contributed by atoms with Gasteiger partial charge in [0.2, 0.25) is 0 Å². The molecule has 0 bridgehead atoms. The normalized spacial score (nSPS) is 11.1. The molecule has 0 spiro atoms. The molecule has 0 radical (unpaired) electrons. The van der Waals surface area contributed by atoms with Crippen LogP contribution in [0, 0.1) is 0 Å². The molecule has 0 aliphatic rings. The second-order valence-electron chi connectivity index (χ2n) is 9.08. The lowest BCUT2D eigenvalue weighted by Crippen LogP contribution is -2.09. The predicted octanol–water partition coefficient (Wildman–Crippen LogP) is 10.1. The molecule has 0 unspecified atom stereocenters. The van der Waals surface area contributed by atoms with Gasteiger partial charge in [-0.2, -0.15) is 0 Å². The number of nitrogens with zero attached hydrogens (tertiary/aromatic N) is 1. The Balaban J connectivity index is 1.23. The lowest BCUT2D eigenvalue weighted by molar-refractivity contribution is 1.28. The van der Waals surface area contributed by atoms with Crippen molar-refractivity contribution in [2.45, 2.75) is 0 Å². The molecule has 0 fully saturated rings. The Labute approximate surface area is 218 Å². The number of hydrogen-bond acceptors (Lipinski definition) is 1. The Morgan fingerprint density at radius 1 is 0.378 bits per heavy atom. The van der Waals surface area contributed by atoms with Crippen molar-refractivity contribution in [3.63, 3.8) is 0 Å². The van der Waals surface area contributed by atoms with E-state index in [1.54, 1.807) is 0 Å². The third kappa shape index (κ3) is 4.94. The first kappa shape index (κ1) is 22.6. The van der Waals surface area contributed by atoms with Crippen LogP contribution in [0.3, 0.4) is 0 Å². The molecule has 0 N–H and O–H groups in total. The molecule has 0 amide bonds. The Hall–Kier alpha value is -4.88. The molecule has 6 rings (SSSR count). The maximum Gasteiger partial charge on any atom is 0.0462 e. The molecule has 6 aromatic rings. The average Bonchev–Trinajstić information content (AvgIpc) is 2.98. The van der Waals surface area contributed by atoms with E-state index >= 15 is 0 Å². The minimum absolute atomic E-state index is 1.13. The third-order valence-corrected chi connectivity index (χ3v) is 6.66. The molecule has 0 aliphatic carbocycles. The van der Waals surface area contributed by atoms with Gasteiger partial charge in [-0.1, -0.05) is 127 Å². The van der Waals surface area contributed by atoms with Gasteiger partial charge in [0.25, 0.3) is 0 Å². The van der Waals surface area contributed by atoms with Crippen molar-refractivity contribution in [1.82, 2.24) is 0 Å². The number of para-hydroxylation sites is 2. The quantitative estimate of drug-likeness (QED) is 0.217. The van der Waals surface area contributed by atoms with E-state index in [-0.39, 0.29) is 0 Å². The van der Waals surface area contributed by atoms with E-state index < -0.39 is 0 Å². The highest BCUT2D eigenvalue weighted by molar-refractivity contribution is 5.96. The maximum atomic E-state index is 2.28. The fraction of sp³-hybridized carbons (Fsp3) is 0. The van der Waals surface area contributed by atoms with E-state index in [0.717, 1.165) is 17.1 Å². The van der Waals surface area contributed by atoms with Crippen LogP contribution in [0.5, 0.6) is 0 Å². The summed E-state index contributed by atoms with van der Waals surface area (Å²) < 4.78 is 0. The summed E-state index contributed by atoms with van der Waals surface area (Å²) in [6.07, 6.45) is 4.35. The van der Waals surface area contributed by atoms with Gasteiger partial charge < -0.3 is 4.90 Å². The molecule has 37 heavy (non-hydrogen) atoms. The highest BCUT2D eigenvalue weighted by Crippen LogP contribution is 2.34. The van der Waals surface area contributed by atoms with Crippen LogP contribution in [0.2, 0.25) is 0 Å². The standard InChI is InChI=1S/C36H27N/c1-3-12-32(13-4-1)37(33-14-5-2-6-15-33)34-26-22-29(23-27-34)19-18-28-20-24-31(25-21-28)36-17-9-11-30-10-7-8-16-35(30)36/h1-27H. The molecule has 0 atom stereocenters. The molecule has 0 saturated heterocycles. The predicted molar refractivity (Wildman–Crippen MR) is 159 cm³/mol. The number of rotatable bonds is 6. The molecule has 6 aromatic carbocycles. The van der Waals surface area contributed by atoms with E-state index in [4.69, 9.17) is 0 Å². The van der Waals surface area contributed by atoms with Gasteiger partial charge in [0.05, 0.1) is 0 Å². The molecule has 176 valence electrons. The van der Waals surface area contributed by atoms with Gasteiger partial charge >= 0.3 is 0 Å². The van der Waals surface area contributed by atoms with E-state index in [9.17, 15) is 0 Å². The van der Waals surface area contributed by atoms with E-state index in [0.29, 0.717) is 0 Å². The summed E-state index contributed by atoms with van der Waals surface area (Å²) in [4.78, 5) is 2.28. The van der Waals surface area contributed by atoms with Gasteiger partial charge in [-0.05, 0) is 69.4 Å². The lowest BCUT2D eigenvalue weighted by atomic mass is 9.97. The second-order valence-corrected chi connectivity index (χ2v) is 9.08. The maximum absolute atomic E-state index is 2.28. The van der Waals surface area contributed by atoms with Gasteiger partial charge in [0.15, 0.2) is 0 Å². The van der Waals surface area contributed by atoms with E-state index in [1.807, 2.05) is 0 Å². The van der Waals surface area contributed by atoms with Crippen LogP contribution in [0.1, 0.15) is 11.1 Å². The van der Waals surface area contributed by atoms with Gasteiger partial charge in [-0.25, -0.2) is 0 Å². The molecule has 1 heteroatoms. The zero-order valence-corrected chi connectivity index (χ0v) is 20.5. The summed E-state index contributed by atoms with van der Waals surface area (Å²) in [6.45, 7) is 0. The van der Waals surface area contributed by atoms with Crippen molar-refractivity contribution >= 4 is 40.0 Å². The summed E-state index contributed by atoms with van der Waals surface area (Å²) in [6, 6.07) is 53.5. The number of fused-ring (bicyclic) bond motifs is 1. The first-order chi connectivity index (χ1) is 18.3. The molecule has 0 saturated carbocycles. The van der Waals surface area contributed by atoms with Crippen LogP contribution in [-0.4, -0.2) is 0 Å². The largest absolute Gasteiger partial charge is 0.311 e. The highest BCUT2D eigenvalue weighted by atomic mass is 15.1. The van der Waals surface area contributed by atoms with Gasteiger partial charge in [-0.3, -0.25) is 0 Å². The topological polar surface area (TPSA) is 3.24 Å². The molecule has 1 nitrogen and oxygen atoms in total. The minimum atomic E-state index is 1.13. The van der Waals surface area contributed by atoms with Crippen LogP contribution >= 0.6 is 0 Å². The SMILES string of the molecule is C(=Cc1ccc(N(c2ccccc2)c2ccccc2)cc1)c1ccc(-c2cccc3ccccc23)cc1. The van der Waals surface area contributed by atoms with Crippen molar-refractivity contribution in [3.05, 3.63) is 163 Å². The number of benzene rings is 6. The number of hydrogen-bond donors (Lipinski definition) is 0. The van der Waals surface area contributed by atoms with Crippen molar-refractivity contribution in [2.24, 2.45) is 0 Å². The molecule has 0 heterocycles. The Morgan fingerprint density at radius 2 is 0.865 bits per heavy atom. The average molecular weight is 474 g/mol. The zero-order chi connectivity index (χ0) is 24.9. The first-order valence-corrected chi connectivity index (χ1v) is 12.6. The van der Waals surface area contributed by atoms with Crippen molar-refractivity contribution < 1.29 is 0 Å². The molecular formula is C36H27N. The third-order valence-electron chi connectivity index (χ3n) is 6.66. The van der Waals surface area contributed by atoms with Crippen LogP contribution in [0.25, 0.3) is 34.1 Å². The van der Waals surface area contributed by atoms with E-state index in [2.05, 4.69) is 169 Å². The van der Waals surface area contributed by atoms with Gasteiger partial charge in [0, 0.05) is 17.1 Å². The second kappa shape index (κ2) is 10.4. The Kier molecular flexibility index (Phi) is 6.34. The summed E-state index contributed by atoms with van der Waals surface area (Å²) >= 11 is 0. The smallest absolute Gasteiger partial charge is 0.0462 e. The molecule has 0 aromatic heterocycles. The van der Waals surface area contributed by atoms with Crippen LogP contribution in [-0.2, 0) is 0 Å². The fourth-order valence-corrected chi connectivity index (χ4v) is 4.78. The van der Waals surface area contributed by atoms with Crippen LogP contribution < -0.4 is 4.90 Å². The molecular weight excluding hydrogens is 446 g/mol. The van der Waals surface area contributed by atoms with Crippen molar-refractivity contribution in [3.8, 4) is 11.1 Å². The summed E-state index contributed by atoms with van der Waals surface area (Å²) in [5.74, 6) is 0. The fourth-order valence-electron chi connectivity index (χ4n) is 4.78. The van der Waals surface area contributed by atoms with E-state index in [1.165, 1.54) is 33.0 Å². The number of anilines is 3. The Morgan fingerprint density at radius 3 is 1.49 bits per heavy atom. The van der Waals surface area contributed by atoms with Gasteiger partial charge in [0.1, 0.15) is 0 Å². The highest BCUT2D eigenvalue weighted by Gasteiger charge is 2.11. The van der Waals surface area contributed by atoms with Crippen molar-refractivity contribution in [2.75, 3.05) is 4.90 Å². The lowest BCUT2D eigenvalue weighted by Gasteiger charge is -2.25. The zero-order valence-electron chi connectivity index (χ0n) is 20.5. The van der Waals surface area contributed by atoms with Crippen molar-refractivity contribution in [1.29, 1.82) is 0 Å². The van der Waals surface area contributed by atoms with Crippen LogP contribution in [0.4, 0.5) is 17.1 Å². The van der Waals surface area contributed by atoms with Gasteiger partial charge in [-0.15, -0.1) is 0 Å². The monoisotopic (exact) mass is 473 g/mol. The minimum Gasteiger partial charge on any atom is -0.311 e.